The van der Waals surface area contributed by atoms with Crippen molar-refractivity contribution in [1.29, 1.82) is 0 Å². The molecule has 0 aliphatic rings. The highest BCUT2D eigenvalue weighted by molar-refractivity contribution is 7.93. The van der Waals surface area contributed by atoms with E-state index in [0.717, 1.165) is 12.8 Å². The Morgan fingerprint density at radius 1 is 1.22 bits per heavy atom. The lowest BCUT2D eigenvalue weighted by Crippen LogP contribution is -2.32. The number of hydrogen-bond donors (Lipinski definition) is 1. The van der Waals surface area contributed by atoms with Gasteiger partial charge < -0.3 is 5.32 Å². The van der Waals surface area contributed by atoms with Gasteiger partial charge in [-0.15, -0.1) is 6.58 Å². The molecule has 0 heterocycles. The van der Waals surface area contributed by atoms with Gasteiger partial charge in [-0.25, -0.2) is 8.42 Å². The maximum Gasteiger partial charge on any atom is 0.266 e. The normalized spacial score (nSPS) is 11.0. The van der Waals surface area contributed by atoms with Gasteiger partial charge in [-0.2, -0.15) is 0 Å². The molecule has 0 aliphatic heterocycles. The second-order valence-corrected chi connectivity index (χ2v) is 8.15. The average molecular weight is 407 g/mol. The van der Waals surface area contributed by atoms with Crippen LogP contribution in [0.5, 0.6) is 0 Å². The first-order valence-corrected chi connectivity index (χ1v) is 10.5. The van der Waals surface area contributed by atoms with E-state index in [1.807, 2.05) is 6.92 Å². The minimum absolute atomic E-state index is 0.0603. The third kappa shape index (κ3) is 5.11. The van der Waals surface area contributed by atoms with Crippen LogP contribution in [0.25, 0.3) is 0 Å². The van der Waals surface area contributed by atoms with E-state index < -0.39 is 10.0 Å². The van der Waals surface area contributed by atoms with Crippen LogP contribution in [0.15, 0.2) is 66.1 Å². The third-order valence-corrected chi connectivity index (χ3v) is 6.19. The van der Waals surface area contributed by atoms with E-state index >= 15 is 0 Å². The van der Waals surface area contributed by atoms with Crippen LogP contribution < -0.4 is 9.62 Å². The lowest BCUT2D eigenvalue weighted by Gasteiger charge is -2.24. The summed E-state index contributed by atoms with van der Waals surface area (Å²) in [5.41, 5.74) is 0.743. The fraction of sp³-hybridized carbons (Fsp3) is 0.250. The average Bonchev–Trinajstić information content (AvgIpc) is 2.67. The summed E-state index contributed by atoms with van der Waals surface area (Å²) in [5.74, 6) is -0.327. The molecule has 7 heteroatoms. The highest BCUT2D eigenvalue weighted by Gasteiger charge is 2.27. The molecule has 0 saturated heterocycles. The predicted octanol–water partition coefficient (Wildman–Crippen LogP) is 4.25. The summed E-state index contributed by atoms with van der Waals surface area (Å²) in [6.45, 7) is 6.28. The topological polar surface area (TPSA) is 66.5 Å². The number of hydrogen-bond acceptors (Lipinski definition) is 3. The third-order valence-electron chi connectivity index (χ3n) is 3.92. The molecular formula is C20H23ClN2O3S. The molecule has 27 heavy (non-hydrogen) atoms. The fourth-order valence-electron chi connectivity index (χ4n) is 2.50. The first-order chi connectivity index (χ1) is 12.9. The minimum atomic E-state index is -3.98. The molecule has 0 fully saturated rings. The summed E-state index contributed by atoms with van der Waals surface area (Å²) in [7, 11) is -3.98. The van der Waals surface area contributed by atoms with E-state index in [4.69, 9.17) is 11.6 Å². The standard InChI is InChI=1S/C20H23ClN2O3S/c1-3-5-13-22-20(24)16-11-12-18(21)19(15-16)27(25,26)23(14-4-2)17-9-7-6-8-10-17/h4,6-12,15H,2-3,5,13-14H2,1H3,(H,22,24). The molecule has 2 aromatic rings. The molecule has 0 spiro atoms. The number of halogens is 1. The van der Waals surface area contributed by atoms with Crippen molar-refractivity contribution in [1.82, 2.24) is 5.32 Å². The van der Waals surface area contributed by atoms with Crippen LogP contribution in [0.2, 0.25) is 5.02 Å². The Kier molecular flexibility index (Phi) is 7.45. The molecule has 0 atom stereocenters. The molecule has 144 valence electrons. The number of nitrogens with zero attached hydrogens (tertiary/aromatic N) is 1. The Balaban J connectivity index is 2.43. The lowest BCUT2D eigenvalue weighted by molar-refractivity contribution is 0.0953. The Morgan fingerprint density at radius 3 is 2.56 bits per heavy atom. The number of carbonyl (C=O) groups excluding carboxylic acids is 1. The molecule has 0 aromatic heterocycles. The van der Waals surface area contributed by atoms with Crippen LogP contribution in [0.4, 0.5) is 5.69 Å². The first kappa shape index (κ1) is 21.0. The van der Waals surface area contributed by atoms with Crippen molar-refractivity contribution in [3.8, 4) is 0 Å². The highest BCUT2D eigenvalue weighted by Crippen LogP contribution is 2.29. The van der Waals surface area contributed by atoms with E-state index in [1.165, 1.54) is 28.6 Å². The van der Waals surface area contributed by atoms with Gasteiger partial charge in [0.05, 0.1) is 17.3 Å². The van der Waals surface area contributed by atoms with E-state index in [-0.39, 0.29) is 27.9 Å². The maximum absolute atomic E-state index is 13.2. The molecule has 2 rings (SSSR count). The number of benzene rings is 2. The van der Waals surface area contributed by atoms with Crippen molar-refractivity contribution in [3.05, 3.63) is 71.8 Å². The number of amides is 1. The number of para-hydroxylation sites is 1. The molecular weight excluding hydrogens is 384 g/mol. The maximum atomic E-state index is 13.2. The second-order valence-electron chi connectivity index (χ2n) is 5.92. The van der Waals surface area contributed by atoms with Crippen molar-refractivity contribution in [3.63, 3.8) is 0 Å². The van der Waals surface area contributed by atoms with Gasteiger partial charge in [-0.1, -0.05) is 49.2 Å². The van der Waals surface area contributed by atoms with Gasteiger partial charge in [-0.3, -0.25) is 9.10 Å². The van der Waals surface area contributed by atoms with Gasteiger partial charge in [0, 0.05) is 12.1 Å². The first-order valence-electron chi connectivity index (χ1n) is 8.68. The Bertz CT molecular complexity index is 899. The minimum Gasteiger partial charge on any atom is -0.352 e. The lowest BCUT2D eigenvalue weighted by atomic mass is 10.2. The van der Waals surface area contributed by atoms with Crippen molar-refractivity contribution in [2.45, 2.75) is 24.7 Å². The zero-order valence-electron chi connectivity index (χ0n) is 15.2. The summed E-state index contributed by atoms with van der Waals surface area (Å²) >= 11 is 6.18. The van der Waals surface area contributed by atoms with Gasteiger partial charge in [0.1, 0.15) is 4.90 Å². The molecule has 0 radical (unpaired) electrons. The summed E-state index contributed by atoms with van der Waals surface area (Å²) in [6, 6.07) is 12.9. The monoisotopic (exact) mass is 406 g/mol. The molecule has 1 N–H and O–H groups in total. The quantitative estimate of drug-likeness (QED) is 0.500. The molecule has 2 aromatic carbocycles. The van der Waals surface area contributed by atoms with Crippen molar-refractivity contribution >= 4 is 33.2 Å². The van der Waals surface area contributed by atoms with Crippen LogP contribution in [-0.2, 0) is 10.0 Å². The summed E-state index contributed by atoms with van der Waals surface area (Å²) in [5, 5.41) is 2.84. The number of nitrogens with one attached hydrogen (secondary N) is 1. The fourth-order valence-corrected chi connectivity index (χ4v) is 4.43. The van der Waals surface area contributed by atoms with E-state index in [9.17, 15) is 13.2 Å². The molecule has 0 bridgehead atoms. The van der Waals surface area contributed by atoms with E-state index in [0.29, 0.717) is 12.2 Å². The summed E-state index contributed by atoms with van der Waals surface area (Å²) < 4.78 is 27.7. The van der Waals surface area contributed by atoms with Crippen LogP contribution in [0.1, 0.15) is 30.1 Å². The predicted molar refractivity (Wildman–Crippen MR) is 110 cm³/mol. The number of rotatable bonds is 9. The number of anilines is 1. The Hall–Kier alpha value is -2.31. The number of sulfonamides is 1. The number of unbranched alkanes of at least 4 members (excludes halogenated alkanes) is 1. The zero-order chi connectivity index (χ0) is 19.9. The van der Waals surface area contributed by atoms with Crippen LogP contribution in [0, 0.1) is 0 Å². The van der Waals surface area contributed by atoms with E-state index in [1.54, 1.807) is 30.3 Å². The summed E-state index contributed by atoms with van der Waals surface area (Å²) in [6.07, 6.45) is 3.31. The highest BCUT2D eigenvalue weighted by atomic mass is 35.5. The van der Waals surface area contributed by atoms with Crippen LogP contribution >= 0.6 is 11.6 Å². The van der Waals surface area contributed by atoms with E-state index in [2.05, 4.69) is 11.9 Å². The molecule has 1 amide bonds. The second kappa shape index (κ2) is 9.58. The van der Waals surface area contributed by atoms with Gasteiger partial charge >= 0.3 is 0 Å². The van der Waals surface area contributed by atoms with Crippen molar-refractivity contribution in [2.75, 3.05) is 17.4 Å². The van der Waals surface area contributed by atoms with Gasteiger partial charge in [-0.05, 0) is 36.8 Å². The van der Waals surface area contributed by atoms with Crippen LogP contribution in [-0.4, -0.2) is 27.4 Å². The van der Waals surface area contributed by atoms with Gasteiger partial charge in [0.15, 0.2) is 0 Å². The molecule has 0 aliphatic carbocycles. The largest absolute Gasteiger partial charge is 0.352 e. The van der Waals surface area contributed by atoms with Gasteiger partial charge in [0.25, 0.3) is 15.9 Å². The molecule has 0 saturated carbocycles. The van der Waals surface area contributed by atoms with Crippen molar-refractivity contribution in [2.24, 2.45) is 0 Å². The smallest absolute Gasteiger partial charge is 0.266 e. The molecule has 0 unspecified atom stereocenters. The number of carbonyl (C=O) groups is 1. The SMILES string of the molecule is C=CCN(c1ccccc1)S(=O)(=O)c1cc(C(=O)NCCCC)ccc1Cl. The summed E-state index contributed by atoms with van der Waals surface area (Å²) in [4.78, 5) is 12.2. The Labute approximate surface area is 165 Å². The zero-order valence-corrected chi connectivity index (χ0v) is 16.8. The van der Waals surface area contributed by atoms with Crippen LogP contribution in [0.3, 0.4) is 0 Å². The van der Waals surface area contributed by atoms with Crippen molar-refractivity contribution < 1.29 is 13.2 Å². The molecule has 5 nitrogen and oxygen atoms in total. The Morgan fingerprint density at radius 2 is 1.93 bits per heavy atom. The van der Waals surface area contributed by atoms with Gasteiger partial charge in [0.2, 0.25) is 0 Å².